The van der Waals surface area contributed by atoms with E-state index in [9.17, 15) is 9.59 Å². The van der Waals surface area contributed by atoms with Crippen LogP contribution in [0.4, 0.5) is 0 Å². The summed E-state index contributed by atoms with van der Waals surface area (Å²) in [6, 6.07) is 0.175. The Morgan fingerprint density at radius 1 is 1.11 bits per heavy atom. The van der Waals surface area contributed by atoms with Crippen molar-refractivity contribution in [3.05, 3.63) is 0 Å². The van der Waals surface area contributed by atoms with Crippen LogP contribution in [0.5, 0.6) is 0 Å². The molecule has 110 valence electrons. The summed E-state index contributed by atoms with van der Waals surface area (Å²) in [6.07, 6.45) is 10.4. The molecule has 1 aliphatic heterocycles. The molecule has 1 fully saturated rings. The molecular formula is C16H29NO2. The SMILES string of the molecule is CCCCCCCC(=O)N1CCCCC1CC(C)=O. The Morgan fingerprint density at radius 2 is 1.84 bits per heavy atom. The molecule has 1 saturated heterocycles. The summed E-state index contributed by atoms with van der Waals surface area (Å²) < 4.78 is 0. The molecule has 1 unspecified atom stereocenters. The van der Waals surface area contributed by atoms with Gasteiger partial charge in [0.2, 0.25) is 5.91 Å². The highest BCUT2D eigenvalue weighted by atomic mass is 16.2. The predicted molar refractivity (Wildman–Crippen MR) is 78.0 cm³/mol. The van der Waals surface area contributed by atoms with Crippen molar-refractivity contribution < 1.29 is 9.59 Å². The zero-order valence-electron chi connectivity index (χ0n) is 12.6. The van der Waals surface area contributed by atoms with E-state index in [0.29, 0.717) is 12.8 Å². The summed E-state index contributed by atoms with van der Waals surface area (Å²) in [5, 5.41) is 0. The van der Waals surface area contributed by atoms with E-state index in [4.69, 9.17) is 0 Å². The lowest BCUT2D eigenvalue weighted by atomic mass is 9.97. The minimum Gasteiger partial charge on any atom is -0.339 e. The molecule has 1 heterocycles. The van der Waals surface area contributed by atoms with E-state index in [1.165, 1.54) is 19.3 Å². The van der Waals surface area contributed by atoms with E-state index in [1.807, 2.05) is 4.90 Å². The van der Waals surface area contributed by atoms with Crippen molar-refractivity contribution in [2.45, 2.75) is 84.1 Å². The molecule has 0 bridgehead atoms. The average molecular weight is 267 g/mol. The van der Waals surface area contributed by atoms with Gasteiger partial charge >= 0.3 is 0 Å². The quantitative estimate of drug-likeness (QED) is 0.629. The van der Waals surface area contributed by atoms with Gasteiger partial charge in [-0.05, 0) is 32.6 Å². The number of amides is 1. The van der Waals surface area contributed by atoms with Crippen LogP contribution in [0.2, 0.25) is 0 Å². The van der Waals surface area contributed by atoms with Crippen LogP contribution in [0.3, 0.4) is 0 Å². The van der Waals surface area contributed by atoms with Gasteiger partial charge in [0.15, 0.2) is 0 Å². The monoisotopic (exact) mass is 267 g/mol. The molecular weight excluding hydrogens is 238 g/mol. The van der Waals surface area contributed by atoms with Crippen LogP contribution in [0.15, 0.2) is 0 Å². The first kappa shape index (κ1) is 16.2. The molecule has 1 rings (SSSR count). The normalized spacial score (nSPS) is 19.5. The molecule has 1 amide bonds. The van der Waals surface area contributed by atoms with Gasteiger partial charge in [-0.15, -0.1) is 0 Å². The van der Waals surface area contributed by atoms with Gasteiger partial charge in [0, 0.05) is 25.4 Å². The van der Waals surface area contributed by atoms with Crippen LogP contribution in [0, 0.1) is 0 Å². The standard InChI is InChI=1S/C16H29NO2/c1-3-4-5-6-7-11-16(19)17-12-9-8-10-15(17)13-14(2)18/h15H,3-13H2,1-2H3. The number of unbranched alkanes of at least 4 members (excludes halogenated alkanes) is 4. The fraction of sp³-hybridized carbons (Fsp3) is 0.875. The molecule has 3 heteroatoms. The highest BCUT2D eigenvalue weighted by Gasteiger charge is 2.26. The van der Waals surface area contributed by atoms with Crippen molar-refractivity contribution >= 4 is 11.7 Å². The smallest absolute Gasteiger partial charge is 0.222 e. The maximum absolute atomic E-state index is 12.2. The van der Waals surface area contributed by atoms with E-state index in [0.717, 1.165) is 38.6 Å². The van der Waals surface area contributed by atoms with Crippen LogP contribution in [0.25, 0.3) is 0 Å². The minimum absolute atomic E-state index is 0.175. The van der Waals surface area contributed by atoms with E-state index in [2.05, 4.69) is 6.92 Å². The lowest BCUT2D eigenvalue weighted by molar-refractivity contribution is -0.135. The molecule has 0 aromatic heterocycles. The first-order valence-electron chi connectivity index (χ1n) is 7.94. The minimum atomic E-state index is 0.175. The zero-order chi connectivity index (χ0) is 14.1. The number of ketones is 1. The number of piperidine rings is 1. The van der Waals surface area contributed by atoms with Gasteiger partial charge in [0.25, 0.3) is 0 Å². The van der Waals surface area contributed by atoms with E-state index >= 15 is 0 Å². The Labute approximate surface area is 117 Å². The van der Waals surface area contributed by atoms with Crippen LogP contribution in [-0.4, -0.2) is 29.2 Å². The zero-order valence-corrected chi connectivity index (χ0v) is 12.6. The van der Waals surface area contributed by atoms with Gasteiger partial charge in [-0.1, -0.05) is 32.6 Å². The van der Waals surface area contributed by atoms with Crippen molar-refractivity contribution in [2.24, 2.45) is 0 Å². The van der Waals surface area contributed by atoms with Gasteiger partial charge < -0.3 is 4.90 Å². The van der Waals surface area contributed by atoms with Crippen molar-refractivity contribution in [2.75, 3.05) is 6.54 Å². The van der Waals surface area contributed by atoms with E-state index in [-0.39, 0.29) is 17.7 Å². The number of hydrogen-bond acceptors (Lipinski definition) is 2. The number of carbonyl (C=O) groups is 2. The molecule has 19 heavy (non-hydrogen) atoms. The van der Waals surface area contributed by atoms with Crippen LogP contribution in [0.1, 0.15) is 78.1 Å². The Bertz CT molecular complexity index is 288. The largest absolute Gasteiger partial charge is 0.339 e. The summed E-state index contributed by atoms with van der Waals surface area (Å²) in [7, 11) is 0. The number of Topliss-reactive ketones (excluding diaryl/α,β-unsaturated/α-hetero) is 1. The molecule has 0 N–H and O–H groups in total. The van der Waals surface area contributed by atoms with Crippen LogP contribution < -0.4 is 0 Å². The molecule has 0 aromatic rings. The molecule has 1 aliphatic rings. The second-order valence-corrected chi connectivity index (χ2v) is 5.81. The van der Waals surface area contributed by atoms with Crippen molar-refractivity contribution in [3.63, 3.8) is 0 Å². The highest BCUT2D eigenvalue weighted by molar-refractivity contribution is 5.79. The first-order chi connectivity index (χ1) is 9.15. The van der Waals surface area contributed by atoms with Crippen LogP contribution >= 0.6 is 0 Å². The Hall–Kier alpha value is -0.860. The molecule has 0 aliphatic carbocycles. The van der Waals surface area contributed by atoms with Crippen LogP contribution in [-0.2, 0) is 9.59 Å². The first-order valence-corrected chi connectivity index (χ1v) is 7.94. The third-order valence-corrected chi connectivity index (χ3v) is 3.96. The maximum Gasteiger partial charge on any atom is 0.222 e. The predicted octanol–water partition coefficient (Wildman–Crippen LogP) is 3.71. The average Bonchev–Trinajstić information content (AvgIpc) is 2.38. The number of nitrogens with zero attached hydrogens (tertiary/aromatic N) is 1. The third kappa shape index (κ3) is 6.22. The number of likely N-dealkylation sites (tertiary alicyclic amines) is 1. The molecule has 1 atom stereocenters. The number of rotatable bonds is 8. The Balaban J connectivity index is 2.32. The molecule has 0 radical (unpaired) electrons. The third-order valence-electron chi connectivity index (χ3n) is 3.96. The van der Waals surface area contributed by atoms with Crippen molar-refractivity contribution in [1.82, 2.24) is 4.90 Å². The molecule has 0 saturated carbocycles. The summed E-state index contributed by atoms with van der Waals surface area (Å²) in [5.74, 6) is 0.468. The lowest BCUT2D eigenvalue weighted by Gasteiger charge is -2.35. The summed E-state index contributed by atoms with van der Waals surface area (Å²) in [6.45, 7) is 4.68. The van der Waals surface area contributed by atoms with Gasteiger partial charge in [-0.2, -0.15) is 0 Å². The molecule has 3 nitrogen and oxygen atoms in total. The highest BCUT2D eigenvalue weighted by Crippen LogP contribution is 2.21. The van der Waals surface area contributed by atoms with Crippen molar-refractivity contribution in [1.29, 1.82) is 0 Å². The fourth-order valence-electron chi connectivity index (χ4n) is 2.90. The fourth-order valence-corrected chi connectivity index (χ4v) is 2.90. The topological polar surface area (TPSA) is 37.4 Å². The van der Waals surface area contributed by atoms with Gasteiger partial charge in [-0.25, -0.2) is 0 Å². The Kier molecular flexibility index (Phi) is 7.76. The lowest BCUT2D eigenvalue weighted by Crippen LogP contribution is -2.44. The van der Waals surface area contributed by atoms with E-state index < -0.39 is 0 Å². The van der Waals surface area contributed by atoms with E-state index in [1.54, 1.807) is 6.92 Å². The Morgan fingerprint density at radius 3 is 2.53 bits per heavy atom. The summed E-state index contributed by atoms with van der Waals surface area (Å²) in [5.41, 5.74) is 0. The molecule has 0 aromatic carbocycles. The van der Waals surface area contributed by atoms with Gasteiger partial charge in [0.1, 0.15) is 5.78 Å². The number of hydrogen-bond donors (Lipinski definition) is 0. The van der Waals surface area contributed by atoms with Crippen molar-refractivity contribution in [3.8, 4) is 0 Å². The van der Waals surface area contributed by atoms with Gasteiger partial charge in [-0.3, -0.25) is 9.59 Å². The van der Waals surface area contributed by atoms with Gasteiger partial charge in [0.05, 0.1) is 0 Å². The summed E-state index contributed by atoms with van der Waals surface area (Å²) >= 11 is 0. The second kappa shape index (κ2) is 9.11. The number of carbonyl (C=O) groups excluding carboxylic acids is 2. The second-order valence-electron chi connectivity index (χ2n) is 5.81. The molecule has 0 spiro atoms. The maximum atomic E-state index is 12.2. The summed E-state index contributed by atoms with van der Waals surface area (Å²) in [4.78, 5) is 25.5.